The highest BCUT2D eigenvalue weighted by Gasteiger charge is 2.20. The summed E-state index contributed by atoms with van der Waals surface area (Å²) in [6.07, 6.45) is 8.07. The lowest BCUT2D eigenvalue weighted by atomic mass is 10.0. The first-order chi connectivity index (χ1) is 9.92. The van der Waals surface area contributed by atoms with Crippen LogP contribution in [0.5, 0.6) is 0 Å². The molecule has 4 nitrogen and oxygen atoms in total. The van der Waals surface area contributed by atoms with Gasteiger partial charge in [-0.15, -0.1) is 0 Å². The number of ether oxygens (including phenoxy) is 1. The summed E-state index contributed by atoms with van der Waals surface area (Å²) in [4.78, 5) is 13.8. The van der Waals surface area contributed by atoms with E-state index < -0.39 is 5.60 Å². The third kappa shape index (κ3) is 8.30. The van der Waals surface area contributed by atoms with Crippen LogP contribution in [-0.2, 0) is 4.74 Å². The summed E-state index contributed by atoms with van der Waals surface area (Å²) >= 11 is 0. The van der Waals surface area contributed by atoms with Crippen LogP contribution < -0.4 is 5.32 Å². The van der Waals surface area contributed by atoms with Gasteiger partial charge in [-0.25, -0.2) is 4.79 Å². The highest BCUT2D eigenvalue weighted by molar-refractivity contribution is 5.68. The molecule has 1 aliphatic rings. The van der Waals surface area contributed by atoms with Crippen molar-refractivity contribution in [1.29, 1.82) is 0 Å². The van der Waals surface area contributed by atoms with E-state index in [-0.39, 0.29) is 6.09 Å². The van der Waals surface area contributed by atoms with E-state index >= 15 is 0 Å². The van der Waals surface area contributed by atoms with Crippen LogP contribution in [0.2, 0.25) is 0 Å². The Morgan fingerprint density at radius 3 is 2.33 bits per heavy atom. The molecule has 0 atom stereocenters. The standard InChI is InChI=1S/C17H34N2O2/c1-5-19(16(20)21-17(2,3)4)13-12-18-14-15-10-8-6-7-9-11-15/h15,18H,5-14H2,1-4H3. The number of nitrogens with zero attached hydrogens (tertiary/aromatic N) is 1. The Balaban J connectivity index is 2.20. The van der Waals surface area contributed by atoms with Gasteiger partial charge in [-0.3, -0.25) is 0 Å². The molecule has 1 aliphatic carbocycles. The van der Waals surface area contributed by atoms with E-state index in [9.17, 15) is 4.79 Å². The summed E-state index contributed by atoms with van der Waals surface area (Å²) in [6.45, 7) is 11.1. The maximum atomic E-state index is 12.0. The van der Waals surface area contributed by atoms with Gasteiger partial charge in [0.2, 0.25) is 0 Å². The number of likely N-dealkylation sites (N-methyl/N-ethyl adjacent to an activating group) is 1. The van der Waals surface area contributed by atoms with Gasteiger partial charge in [0.05, 0.1) is 0 Å². The van der Waals surface area contributed by atoms with E-state index in [1.54, 1.807) is 4.90 Å². The number of amides is 1. The Labute approximate surface area is 130 Å². The SMILES string of the molecule is CCN(CCNCC1CCCCCC1)C(=O)OC(C)(C)C. The molecule has 4 heteroatoms. The molecular weight excluding hydrogens is 264 g/mol. The largest absolute Gasteiger partial charge is 0.444 e. The number of hydrogen-bond acceptors (Lipinski definition) is 3. The van der Waals surface area contributed by atoms with Gasteiger partial charge in [0, 0.05) is 19.6 Å². The van der Waals surface area contributed by atoms with Crippen molar-refractivity contribution in [3.63, 3.8) is 0 Å². The number of carbonyl (C=O) groups excluding carboxylic acids is 1. The molecule has 0 bridgehead atoms. The molecule has 0 unspecified atom stereocenters. The average Bonchev–Trinajstić information content (AvgIpc) is 2.65. The lowest BCUT2D eigenvalue weighted by Crippen LogP contribution is -2.41. The monoisotopic (exact) mass is 298 g/mol. The second kappa shape index (κ2) is 9.29. The normalized spacial score (nSPS) is 17.3. The molecule has 21 heavy (non-hydrogen) atoms. The van der Waals surface area contributed by atoms with Crippen LogP contribution in [0.4, 0.5) is 4.79 Å². The number of hydrogen-bond donors (Lipinski definition) is 1. The summed E-state index contributed by atoms with van der Waals surface area (Å²) < 4.78 is 5.41. The Bertz CT molecular complexity index is 292. The molecule has 0 radical (unpaired) electrons. The average molecular weight is 298 g/mol. The predicted molar refractivity (Wildman–Crippen MR) is 87.5 cm³/mol. The van der Waals surface area contributed by atoms with Gasteiger partial charge in [0.1, 0.15) is 5.60 Å². The summed E-state index contributed by atoms with van der Waals surface area (Å²) in [5.41, 5.74) is -0.418. The van der Waals surface area contributed by atoms with Gasteiger partial charge in [0.15, 0.2) is 0 Å². The number of rotatable bonds is 6. The molecule has 1 fully saturated rings. The van der Waals surface area contributed by atoms with Crippen LogP contribution in [0.3, 0.4) is 0 Å². The molecule has 0 saturated heterocycles. The molecule has 1 amide bonds. The quantitative estimate of drug-likeness (QED) is 0.599. The van der Waals surface area contributed by atoms with Crippen molar-refractivity contribution in [2.45, 2.75) is 71.8 Å². The Hall–Kier alpha value is -0.770. The smallest absolute Gasteiger partial charge is 0.410 e. The molecular formula is C17H34N2O2. The number of nitrogens with one attached hydrogen (secondary N) is 1. The fraction of sp³-hybridized carbons (Fsp3) is 0.941. The first-order valence-corrected chi connectivity index (χ1v) is 8.61. The Morgan fingerprint density at radius 2 is 1.81 bits per heavy atom. The third-order valence-electron chi connectivity index (χ3n) is 4.00. The minimum Gasteiger partial charge on any atom is -0.444 e. The molecule has 1 rings (SSSR count). The fourth-order valence-corrected chi connectivity index (χ4v) is 2.79. The van der Waals surface area contributed by atoms with Crippen LogP contribution in [0.15, 0.2) is 0 Å². The maximum Gasteiger partial charge on any atom is 0.410 e. The van der Waals surface area contributed by atoms with E-state index in [2.05, 4.69) is 5.32 Å². The van der Waals surface area contributed by atoms with Gasteiger partial charge in [-0.1, -0.05) is 25.7 Å². The first-order valence-electron chi connectivity index (χ1n) is 8.61. The van der Waals surface area contributed by atoms with Gasteiger partial charge in [-0.2, -0.15) is 0 Å². The van der Waals surface area contributed by atoms with E-state index in [1.165, 1.54) is 38.5 Å². The molecule has 0 aromatic carbocycles. The maximum absolute atomic E-state index is 12.0. The van der Waals surface area contributed by atoms with Crippen LogP contribution in [0.25, 0.3) is 0 Å². The fourth-order valence-electron chi connectivity index (χ4n) is 2.79. The van der Waals surface area contributed by atoms with Crippen LogP contribution >= 0.6 is 0 Å². The molecule has 0 aromatic heterocycles. The highest BCUT2D eigenvalue weighted by atomic mass is 16.6. The van der Waals surface area contributed by atoms with Gasteiger partial charge in [0.25, 0.3) is 0 Å². The van der Waals surface area contributed by atoms with E-state index in [4.69, 9.17) is 4.74 Å². The van der Waals surface area contributed by atoms with Gasteiger partial charge in [-0.05, 0) is 53.0 Å². The van der Waals surface area contributed by atoms with Gasteiger partial charge >= 0.3 is 6.09 Å². The van der Waals surface area contributed by atoms with Gasteiger partial charge < -0.3 is 15.0 Å². The summed E-state index contributed by atoms with van der Waals surface area (Å²) in [5.74, 6) is 0.823. The molecule has 0 heterocycles. The lowest BCUT2D eigenvalue weighted by molar-refractivity contribution is 0.0262. The summed E-state index contributed by atoms with van der Waals surface area (Å²) in [5, 5.41) is 3.52. The van der Waals surface area contributed by atoms with Crippen molar-refractivity contribution >= 4 is 6.09 Å². The van der Waals surface area contributed by atoms with Crippen molar-refractivity contribution in [3.05, 3.63) is 0 Å². The molecule has 1 N–H and O–H groups in total. The molecule has 0 aliphatic heterocycles. The second-order valence-corrected chi connectivity index (χ2v) is 7.12. The summed E-state index contributed by atoms with van der Waals surface area (Å²) in [7, 11) is 0. The van der Waals surface area contributed by atoms with Crippen molar-refractivity contribution in [2.75, 3.05) is 26.2 Å². The van der Waals surface area contributed by atoms with E-state index in [0.29, 0.717) is 6.54 Å². The molecule has 0 spiro atoms. The van der Waals surface area contributed by atoms with Crippen LogP contribution in [0, 0.1) is 5.92 Å². The Morgan fingerprint density at radius 1 is 1.19 bits per heavy atom. The Kier molecular flexibility index (Phi) is 8.09. The minimum absolute atomic E-state index is 0.207. The number of carbonyl (C=O) groups is 1. The van der Waals surface area contributed by atoms with Crippen molar-refractivity contribution in [2.24, 2.45) is 5.92 Å². The minimum atomic E-state index is -0.418. The predicted octanol–water partition coefficient (Wildman–Crippen LogP) is 3.80. The zero-order valence-corrected chi connectivity index (χ0v) is 14.4. The van der Waals surface area contributed by atoms with Crippen LogP contribution in [0.1, 0.15) is 66.2 Å². The topological polar surface area (TPSA) is 41.6 Å². The molecule has 124 valence electrons. The van der Waals surface area contributed by atoms with E-state index in [1.807, 2.05) is 27.7 Å². The van der Waals surface area contributed by atoms with Crippen molar-refractivity contribution < 1.29 is 9.53 Å². The van der Waals surface area contributed by atoms with Crippen LogP contribution in [-0.4, -0.2) is 42.8 Å². The zero-order valence-electron chi connectivity index (χ0n) is 14.4. The van der Waals surface area contributed by atoms with Crippen molar-refractivity contribution in [3.8, 4) is 0 Å². The zero-order chi connectivity index (χ0) is 15.7. The third-order valence-corrected chi connectivity index (χ3v) is 4.00. The molecule has 0 aromatic rings. The highest BCUT2D eigenvalue weighted by Crippen LogP contribution is 2.21. The second-order valence-electron chi connectivity index (χ2n) is 7.12. The molecule has 1 saturated carbocycles. The summed E-state index contributed by atoms with van der Waals surface area (Å²) in [6, 6.07) is 0. The lowest BCUT2D eigenvalue weighted by Gasteiger charge is -2.26. The van der Waals surface area contributed by atoms with Crippen molar-refractivity contribution in [1.82, 2.24) is 10.2 Å². The van der Waals surface area contributed by atoms with E-state index in [0.717, 1.165) is 25.6 Å². The first kappa shape index (κ1) is 18.3.